The molecule has 0 radical (unpaired) electrons. The summed E-state index contributed by atoms with van der Waals surface area (Å²) in [6.07, 6.45) is 2.54. The van der Waals surface area contributed by atoms with Crippen LogP contribution in [0.5, 0.6) is 11.5 Å². The smallest absolute Gasteiger partial charge is 0.224 e. The predicted octanol–water partition coefficient (Wildman–Crippen LogP) is 4.54. The number of ether oxygens (including phenoxy) is 2. The van der Waals surface area contributed by atoms with E-state index in [9.17, 15) is 4.79 Å². The van der Waals surface area contributed by atoms with Gasteiger partial charge in [-0.15, -0.1) is 0 Å². The molecule has 0 saturated carbocycles. The Morgan fingerprint density at radius 1 is 1.04 bits per heavy atom. The van der Waals surface area contributed by atoms with Crippen molar-refractivity contribution in [3.8, 4) is 22.6 Å². The van der Waals surface area contributed by atoms with E-state index in [4.69, 9.17) is 13.9 Å². The first-order chi connectivity index (χ1) is 12.7. The lowest BCUT2D eigenvalue weighted by atomic mass is 10.0. The van der Waals surface area contributed by atoms with Gasteiger partial charge in [0.05, 0.1) is 20.5 Å². The Balaban J connectivity index is 1.74. The van der Waals surface area contributed by atoms with Gasteiger partial charge in [0, 0.05) is 24.1 Å². The van der Waals surface area contributed by atoms with Crippen LogP contribution in [0, 0.1) is 0 Å². The number of amides is 1. The van der Waals surface area contributed by atoms with Gasteiger partial charge in [-0.3, -0.25) is 4.79 Å². The molecule has 0 fully saturated rings. The molecule has 5 heteroatoms. The number of methoxy groups -OCH3 is 2. The highest BCUT2D eigenvalue weighted by Gasteiger charge is 2.10. The van der Waals surface area contributed by atoms with Gasteiger partial charge in [-0.25, -0.2) is 0 Å². The quantitative estimate of drug-likeness (QED) is 0.679. The molecule has 0 atom stereocenters. The summed E-state index contributed by atoms with van der Waals surface area (Å²) in [5.74, 6) is 2.26. The highest BCUT2D eigenvalue weighted by atomic mass is 16.5. The summed E-state index contributed by atoms with van der Waals surface area (Å²) in [6, 6.07) is 17.0. The van der Waals surface area contributed by atoms with Gasteiger partial charge < -0.3 is 19.2 Å². The average Bonchev–Trinajstić information content (AvgIpc) is 3.20. The van der Waals surface area contributed by atoms with Crippen molar-refractivity contribution in [2.75, 3.05) is 19.5 Å². The number of hydrogen-bond donors (Lipinski definition) is 1. The van der Waals surface area contributed by atoms with Crippen LogP contribution >= 0.6 is 0 Å². The summed E-state index contributed by atoms with van der Waals surface area (Å²) >= 11 is 0. The second-order valence-corrected chi connectivity index (χ2v) is 5.77. The second-order valence-electron chi connectivity index (χ2n) is 5.77. The summed E-state index contributed by atoms with van der Waals surface area (Å²) in [5, 5.41) is 2.93. The fourth-order valence-electron chi connectivity index (χ4n) is 2.70. The number of hydrogen-bond acceptors (Lipinski definition) is 4. The van der Waals surface area contributed by atoms with Crippen molar-refractivity contribution in [1.29, 1.82) is 0 Å². The van der Waals surface area contributed by atoms with Gasteiger partial charge in [-0.1, -0.05) is 12.1 Å². The van der Waals surface area contributed by atoms with E-state index in [1.54, 1.807) is 20.5 Å². The van der Waals surface area contributed by atoms with Crippen LogP contribution in [0.15, 0.2) is 65.3 Å². The van der Waals surface area contributed by atoms with Gasteiger partial charge in [-0.2, -0.15) is 0 Å². The molecule has 0 aliphatic carbocycles. The van der Waals surface area contributed by atoms with Crippen molar-refractivity contribution in [1.82, 2.24) is 0 Å². The van der Waals surface area contributed by atoms with Crippen LogP contribution in [-0.2, 0) is 11.2 Å². The molecule has 1 heterocycles. The molecular weight excluding hydrogens is 330 g/mol. The lowest BCUT2D eigenvalue weighted by Crippen LogP contribution is -2.12. The Labute approximate surface area is 152 Å². The number of nitrogens with one attached hydrogen (secondary N) is 1. The number of anilines is 1. The van der Waals surface area contributed by atoms with Crippen LogP contribution in [0.2, 0.25) is 0 Å². The molecule has 2 aromatic carbocycles. The lowest BCUT2D eigenvalue weighted by Gasteiger charge is -2.12. The molecule has 1 aromatic heterocycles. The number of carbonyl (C=O) groups is 1. The predicted molar refractivity (Wildman–Crippen MR) is 101 cm³/mol. The third-order valence-corrected chi connectivity index (χ3v) is 4.06. The lowest BCUT2D eigenvalue weighted by molar-refractivity contribution is -0.116. The molecule has 0 aliphatic heterocycles. The van der Waals surface area contributed by atoms with Gasteiger partial charge in [-0.05, 0) is 48.0 Å². The van der Waals surface area contributed by atoms with E-state index in [0.717, 1.165) is 34.1 Å². The molecule has 1 N–H and O–H groups in total. The number of rotatable bonds is 7. The van der Waals surface area contributed by atoms with Crippen LogP contribution in [0.1, 0.15) is 12.2 Å². The molecule has 0 saturated heterocycles. The van der Waals surface area contributed by atoms with Crippen molar-refractivity contribution in [2.24, 2.45) is 0 Å². The summed E-state index contributed by atoms with van der Waals surface area (Å²) in [5.41, 5.74) is 2.61. The van der Waals surface area contributed by atoms with Crippen LogP contribution in [0.25, 0.3) is 11.1 Å². The molecule has 5 nitrogen and oxygen atoms in total. The zero-order chi connectivity index (χ0) is 18.4. The molecule has 3 rings (SSSR count). The van der Waals surface area contributed by atoms with Gasteiger partial charge in [0.1, 0.15) is 17.3 Å². The van der Waals surface area contributed by atoms with E-state index in [1.165, 1.54) is 0 Å². The number of benzene rings is 2. The van der Waals surface area contributed by atoms with E-state index in [-0.39, 0.29) is 5.91 Å². The maximum atomic E-state index is 12.2. The second kappa shape index (κ2) is 8.25. The Bertz CT molecular complexity index is 854. The third-order valence-electron chi connectivity index (χ3n) is 4.06. The largest absolute Gasteiger partial charge is 0.497 e. The summed E-state index contributed by atoms with van der Waals surface area (Å²) in [6.45, 7) is 0. The van der Waals surface area contributed by atoms with Gasteiger partial charge in [0.25, 0.3) is 0 Å². The molecule has 1 amide bonds. The van der Waals surface area contributed by atoms with Crippen molar-refractivity contribution in [2.45, 2.75) is 12.8 Å². The monoisotopic (exact) mass is 351 g/mol. The molecule has 0 unspecified atom stereocenters. The number of furan rings is 1. The molecule has 3 aromatic rings. The molecule has 0 spiro atoms. The van der Waals surface area contributed by atoms with E-state index in [1.807, 2.05) is 54.6 Å². The van der Waals surface area contributed by atoms with Crippen LogP contribution in [0.3, 0.4) is 0 Å². The molecule has 26 heavy (non-hydrogen) atoms. The minimum atomic E-state index is -0.0627. The van der Waals surface area contributed by atoms with Crippen molar-refractivity contribution in [3.05, 3.63) is 66.6 Å². The van der Waals surface area contributed by atoms with Gasteiger partial charge in [0.15, 0.2) is 0 Å². The first-order valence-electron chi connectivity index (χ1n) is 8.34. The normalized spacial score (nSPS) is 10.4. The van der Waals surface area contributed by atoms with E-state index >= 15 is 0 Å². The molecule has 134 valence electrons. The summed E-state index contributed by atoms with van der Waals surface area (Å²) in [4.78, 5) is 12.2. The van der Waals surface area contributed by atoms with Crippen LogP contribution in [-0.4, -0.2) is 20.1 Å². The zero-order valence-electron chi connectivity index (χ0n) is 14.8. The SMILES string of the molecule is COc1ccc(-c2cc(NC(=O)CCc3ccco3)ccc2OC)cc1. The van der Waals surface area contributed by atoms with Crippen LogP contribution < -0.4 is 14.8 Å². The maximum Gasteiger partial charge on any atom is 0.224 e. The van der Waals surface area contributed by atoms with Gasteiger partial charge >= 0.3 is 0 Å². The van der Waals surface area contributed by atoms with Gasteiger partial charge in [0.2, 0.25) is 5.91 Å². The van der Waals surface area contributed by atoms with Crippen molar-refractivity contribution >= 4 is 11.6 Å². The first-order valence-corrected chi connectivity index (χ1v) is 8.34. The fraction of sp³-hybridized carbons (Fsp3) is 0.190. The number of carbonyl (C=O) groups excluding carboxylic acids is 1. The highest BCUT2D eigenvalue weighted by Crippen LogP contribution is 2.33. The molecule has 0 bridgehead atoms. The van der Waals surface area contributed by atoms with Crippen LogP contribution in [0.4, 0.5) is 5.69 Å². The van der Waals surface area contributed by atoms with E-state index < -0.39 is 0 Å². The molecule has 0 aliphatic rings. The Morgan fingerprint density at radius 3 is 2.50 bits per heavy atom. The Hall–Kier alpha value is -3.21. The summed E-state index contributed by atoms with van der Waals surface area (Å²) in [7, 11) is 3.26. The van der Waals surface area contributed by atoms with Crippen molar-refractivity contribution in [3.63, 3.8) is 0 Å². The number of aryl methyl sites for hydroxylation is 1. The highest BCUT2D eigenvalue weighted by molar-refractivity contribution is 5.92. The Kier molecular flexibility index (Phi) is 5.59. The van der Waals surface area contributed by atoms with E-state index in [0.29, 0.717) is 12.8 Å². The summed E-state index contributed by atoms with van der Waals surface area (Å²) < 4.78 is 15.9. The minimum absolute atomic E-state index is 0.0627. The Morgan fingerprint density at radius 2 is 1.85 bits per heavy atom. The average molecular weight is 351 g/mol. The van der Waals surface area contributed by atoms with E-state index in [2.05, 4.69) is 5.32 Å². The topological polar surface area (TPSA) is 60.7 Å². The molecular formula is C21H21NO4. The maximum absolute atomic E-state index is 12.2. The first kappa shape index (κ1) is 17.6. The zero-order valence-corrected chi connectivity index (χ0v) is 14.8. The van der Waals surface area contributed by atoms with Crippen molar-refractivity contribution < 1.29 is 18.7 Å². The fourth-order valence-corrected chi connectivity index (χ4v) is 2.70. The third kappa shape index (κ3) is 4.25. The minimum Gasteiger partial charge on any atom is -0.497 e. The standard InChI is InChI=1S/C21H21NO4/c1-24-17-8-5-15(6-9-17)19-14-16(7-11-20(19)25-2)22-21(23)12-10-18-4-3-13-26-18/h3-9,11,13-14H,10,12H2,1-2H3,(H,22,23).